The minimum Gasteiger partial charge on any atom is -0.338 e. The van der Waals surface area contributed by atoms with Gasteiger partial charge in [0.1, 0.15) is 0 Å². The van der Waals surface area contributed by atoms with Crippen LogP contribution in [0, 0.1) is 11.8 Å². The zero-order valence-electron chi connectivity index (χ0n) is 11.9. The summed E-state index contributed by atoms with van der Waals surface area (Å²) in [7, 11) is -2.85. The lowest BCUT2D eigenvalue weighted by molar-refractivity contribution is 0.127. The Kier molecular flexibility index (Phi) is 3.93. The zero-order chi connectivity index (χ0) is 14.2. The van der Waals surface area contributed by atoms with E-state index in [1.165, 1.54) is 19.3 Å². The van der Waals surface area contributed by atoms with Crippen LogP contribution in [-0.2, 0) is 9.84 Å². The summed E-state index contributed by atoms with van der Waals surface area (Å²) in [5, 5.41) is 2.97. The summed E-state index contributed by atoms with van der Waals surface area (Å²) in [4.78, 5) is 14.3. The van der Waals surface area contributed by atoms with Crippen molar-refractivity contribution in [3.05, 3.63) is 0 Å². The number of hydrogen-bond donors (Lipinski definition) is 1. The van der Waals surface area contributed by atoms with Crippen molar-refractivity contribution >= 4 is 15.9 Å². The number of nitrogens with one attached hydrogen (secondary N) is 1. The summed E-state index contributed by atoms with van der Waals surface area (Å²) in [6.07, 6.45) is 6.68. The summed E-state index contributed by atoms with van der Waals surface area (Å²) in [5.41, 5.74) is 0. The molecular formula is C14H24N2O3S. The Morgan fingerprint density at radius 2 is 1.95 bits per heavy atom. The van der Waals surface area contributed by atoms with Crippen molar-refractivity contribution in [1.82, 2.24) is 10.2 Å². The Labute approximate surface area is 121 Å². The maximum absolute atomic E-state index is 12.3. The Hall–Kier alpha value is -0.780. The summed E-state index contributed by atoms with van der Waals surface area (Å²) < 4.78 is 22.8. The molecule has 2 amide bonds. The summed E-state index contributed by atoms with van der Waals surface area (Å²) in [6.45, 7) is 1.36. The zero-order valence-corrected chi connectivity index (χ0v) is 12.7. The standard InChI is InChI=1S/C14H24N2O3S/c17-14(15-9-11-6-8-20(18,19)10-11)16-7-2-4-12-3-1-5-13(12)16/h11-13H,1-10H2,(H,15,17). The molecule has 20 heavy (non-hydrogen) atoms. The average Bonchev–Trinajstić information content (AvgIpc) is 3.01. The number of carbonyl (C=O) groups excluding carboxylic acids is 1. The van der Waals surface area contributed by atoms with Gasteiger partial charge < -0.3 is 10.2 Å². The predicted molar refractivity (Wildman–Crippen MR) is 77.2 cm³/mol. The molecule has 0 aromatic heterocycles. The van der Waals surface area contributed by atoms with E-state index in [1.807, 2.05) is 4.90 Å². The number of likely N-dealkylation sites (tertiary alicyclic amines) is 1. The smallest absolute Gasteiger partial charge is 0.317 e. The maximum atomic E-state index is 12.3. The molecule has 0 bridgehead atoms. The molecular weight excluding hydrogens is 276 g/mol. The van der Waals surface area contributed by atoms with Gasteiger partial charge in [-0.25, -0.2) is 13.2 Å². The van der Waals surface area contributed by atoms with Gasteiger partial charge in [0, 0.05) is 19.1 Å². The summed E-state index contributed by atoms with van der Waals surface area (Å²) >= 11 is 0. The van der Waals surface area contributed by atoms with Crippen molar-refractivity contribution in [2.75, 3.05) is 24.6 Å². The van der Waals surface area contributed by atoms with E-state index in [2.05, 4.69) is 5.32 Å². The van der Waals surface area contributed by atoms with E-state index in [0.29, 0.717) is 24.9 Å². The van der Waals surface area contributed by atoms with E-state index in [0.717, 1.165) is 19.4 Å². The molecule has 0 aromatic rings. The molecule has 3 fully saturated rings. The van der Waals surface area contributed by atoms with Gasteiger partial charge in [0.15, 0.2) is 9.84 Å². The van der Waals surface area contributed by atoms with Gasteiger partial charge in [-0.15, -0.1) is 0 Å². The fourth-order valence-electron chi connectivity index (χ4n) is 4.07. The largest absolute Gasteiger partial charge is 0.338 e. The maximum Gasteiger partial charge on any atom is 0.317 e. The van der Waals surface area contributed by atoms with Gasteiger partial charge in [-0.1, -0.05) is 6.42 Å². The molecule has 2 aliphatic heterocycles. The molecule has 3 aliphatic rings. The van der Waals surface area contributed by atoms with Gasteiger partial charge in [-0.05, 0) is 43.9 Å². The van der Waals surface area contributed by atoms with Crippen molar-refractivity contribution in [2.24, 2.45) is 11.8 Å². The number of amides is 2. The fraction of sp³-hybridized carbons (Fsp3) is 0.929. The van der Waals surface area contributed by atoms with Crippen molar-refractivity contribution in [1.29, 1.82) is 0 Å². The molecule has 3 rings (SSSR count). The van der Waals surface area contributed by atoms with Gasteiger partial charge in [0.05, 0.1) is 11.5 Å². The average molecular weight is 300 g/mol. The van der Waals surface area contributed by atoms with Gasteiger partial charge in [0.25, 0.3) is 0 Å². The molecule has 2 heterocycles. The van der Waals surface area contributed by atoms with Crippen molar-refractivity contribution in [3.8, 4) is 0 Å². The Morgan fingerprint density at radius 3 is 2.70 bits per heavy atom. The second-order valence-corrected chi connectivity index (χ2v) is 8.78. The van der Waals surface area contributed by atoms with Crippen LogP contribution in [0.5, 0.6) is 0 Å². The summed E-state index contributed by atoms with van der Waals surface area (Å²) in [6, 6.07) is 0.446. The lowest BCUT2D eigenvalue weighted by Crippen LogP contribution is -2.51. The fourth-order valence-corrected chi connectivity index (χ4v) is 5.93. The number of piperidine rings is 1. The van der Waals surface area contributed by atoms with Crippen LogP contribution in [0.25, 0.3) is 0 Å². The first-order valence-corrected chi connectivity index (χ1v) is 9.62. The lowest BCUT2D eigenvalue weighted by Gasteiger charge is -2.37. The van der Waals surface area contributed by atoms with E-state index < -0.39 is 9.84 Å². The van der Waals surface area contributed by atoms with Crippen molar-refractivity contribution in [2.45, 2.75) is 44.6 Å². The van der Waals surface area contributed by atoms with Crippen LogP contribution >= 0.6 is 0 Å². The molecule has 2 saturated heterocycles. The molecule has 1 saturated carbocycles. The van der Waals surface area contributed by atoms with Crippen LogP contribution in [0.2, 0.25) is 0 Å². The van der Waals surface area contributed by atoms with Crippen LogP contribution in [0.15, 0.2) is 0 Å². The monoisotopic (exact) mass is 300 g/mol. The Balaban J connectivity index is 1.51. The molecule has 1 N–H and O–H groups in total. The molecule has 3 atom stereocenters. The minimum atomic E-state index is -2.85. The van der Waals surface area contributed by atoms with Crippen LogP contribution in [-0.4, -0.2) is 50.0 Å². The third-order valence-corrected chi connectivity index (χ3v) is 6.96. The van der Waals surface area contributed by atoms with E-state index in [1.54, 1.807) is 0 Å². The number of rotatable bonds is 2. The third-order valence-electron chi connectivity index (χ3n) is 5.12. The van der Waals surface area contributed by atoms with Gasteiger partial charge in [-0.3, -0.25) is 0 Å². The van der Waals surface area contributed by atoms with Crippen molar-refractivity contribution in [3.63, 3.8) is 0 Å². The topological polar surface area (TPSA) is 66.5 Å². The minimum absolute atomic E-state index is 0.0193. The highest BCUT2D eigenvalue weighted by Gasteiger charge is 2.37. The molecule has 1 aliphatic carbocycles. The first-order chi connectivity index (χ1) is 9.55. The second kappa shape index (κ2) is 5.54. The van der Waals surface area contributed by atoms with Crippen molar-refractivity contribution < 1.29 is 13.2 Å². The van der Waals surface area contributed by atoms with Crippen LogP contribution in [0.1, 0.15) is 38.5 Å². The first kappa shape index (κ1) is 14.2. The molecule has 114 valence electrons. The molecule has 5 nitrogen and oxygen atoms in total. The number of fused-ring (bicyclic) bond motifs is 1. The number of nitrogens with zero attached hydrogens (tertiary/aromatic N) is 1. The SMILES string of the molecule is O=C(NCC1CCS(=O)(=O)C1)N1CCCC2CCCC21. The van der Waals surface area contributed by atoms with Gasteiger partial charge in [0.2, 0.25) is 0 Å². The van der Waals surface area contributed by atoms with Crippen LogP contribution in [0.4, 0.5) is 4.79 Å². The number of sulfone groups is 1. The lowest BCUT2D eigenvalue weighted by atomic mass is 9.92. The third kappa shape index (κ3) is 2.95. The molecule has 3 unspecified atom stereocenters. The highest BCUT2D eigenvalue weighted by molar-refractivity contribution is 7.91. The molecule has 0 aromatic carbocycles. The highest BCUT2D eigenvalue weighted by Crippen LogP contribution is 2.36. The van der Waals surface area contributed by atoms with Crippen LogP contribution in [0.3, 0.4) is 0 Å². The summed E-state index contributed by atoms with van der Waals surface area (Å²) in [5.74, 6) is 1.32. The van der Waals surface area contributed by atoms with Gasteiger partial charge >= 0.3 is 6.03 Å². The Bertz CT molecular complexity index is 477. The van der Waals surface area contributed by atoms with Crippen LogP contribution < -0.4 is 5.32 Å². The van der Waals surface area contributed by atoms with E-state index in [9.17, 15) is 13.2 Å². The highest BCUT2D eigenvalue weighted by atomic mass is 32.2. The normalized spacial score (nSPS) is 35.8. The number of urea groups is 1. The molecule has 0 radical (unpaired) electrons. The number of carbonyl (C=O) groups is 1. The Morgan fingerprint density at radius 1 is 1.15 bits per heavy atom. The van der Waals surface area contributed by atoms with Gasteiger partial charge in [-0.2, -0.15) is 0 Å². The predicted octanol–water partition coefficient (Wildman–Crippen LogP) is 1.40. The molecule has 0 spiro atoms. The number of hydrogen-bond acceptors (Lipinski definition) is 3. The first-order valence-electron chi connectivity index (χ1n) is 7.80. The quantitative estimate of drug-likeness (QED) is 0.838. The molecule has 6 heteroatoms. The van der Waals surface area contributed by atoms with E-state index in [-0.39, 0.29) is 23.5 Å². The second-order valence-electron chi connectivity index (χ2n) is 6.55. The van der Waals surface area contributed by atoms with E-state index in [4.69, 9.17) is 0 Å². The van der Waals surface area contributed by atoms with E-state index >= 15 is 0 Å².